The predicted octanol–water partition coefficient (Wildman–Crippen LogP) is 4.46. The maximum Gasteiger partial charge on any atom is 0.334 e. The summed E-state index contributed by atoms with van der Waals surface area (Å²) in [6, 6.07) is -0.644. The molecular formula is C26H39NO5. The summed E-state index contributed by atoms with van der Waals surface area (Å²) in [6.07, 6.45) is 4.60. The summed E-state index contributed by atoms with van der Waals surface area (Å²) in [7, 11) is 1.62. The van der Waals surface area contributed by atoms with E-state index in [0.29, 0.717) is 17.8 Å². The summed E-state index contributed by atoms with van der Waals surface area (Å²) >= 11 is 0. The summed E-state index contributed by atoms with van der Waals surface area (Å²) in [6.45, 7) is 14.6. The van der Waals surface area contributed by atoms with E-state index in [1.54, 1.807) is 7.05 Å². The van der Waals surface area contributed by atoms with Crippen LogP contribution < -0.4 is 0 Å². The second kappa shape index (κ2) is 7.89. The van der Waals surface area contributed by atoms with Crippen molar-refractivity contribution in [1.29, 1.82) is 0 Å². The van der Waals surface area contributed by atoms with E-state index in [9.17, 15) is 14.7 Å². The fourth-order valence-corrected chi connectivity index (χ4v) is 7.18. The lowest BCUT2D eigenvalue weighted by Crippen LogP contribution is -2.53. The van der Waals surface area contributed by atoms with Crippen molar-refractivity contribution in [3.05, 3.63) is 23.2 Å². The van der Waals surface area contributed by atoms with Gasteiger partial charge in [-0.05, 0) is 63.2 Å². The number of carbonyl (C=O) groups is 2. The Morgan fingerprint density at radius 1 is 1.22 bits per heavy atom. The standard InChI is InChI=1S/C26H39NO5/c1-12(2)21-25(30)31-23(24(29)27(21)8)22(28)19-18-14(4)9-13(3)10-17(18)11-15(5)20(19)26(7)16(6)32-26/h11-14,16-21,28H,9-10H2,1-8H3/b23-22+/t13-,14+,16-,17+,18+,19-,20-,21+,26+/m1/s1. The molecule has 2 aliphatic heterocycles. The quantitative estimate of drug-likeness (QED) is 0.228. The van der Waals surface area contributed by atoms with E-state index < -0.39 is 23.5 Å². The molecular weight excluding hydrogens is 406 g/mol. The number of amides is 1. The topological polar surface area (TPSA) is 79.4 Å². The lowest BCUT2D eigenvalue weighted by molar-refractivity contribution is -0.163. The number of carbonyl (C=O) groups excluding carboxylic acids is 2. The summed E-state index contributed by atoms with van der Waals surface area (Å²) in [5, 5.41) is 11.7. The van der Waals surface area contributed by atoms with Crippen molar-refractivity contribution in [2.75, 3.05) is 7.05 Å². The molecule has 0 unspecified atom stereocenters. The van der Waals surface area contributed by atoms with Gasteiger partial charge in [0.25, 0.3) is 5.91 Å². The normalized spacial score (nSPS) is 45.9. The molecule has 4 rings (SSSR count). The molecule has 4 aliphatic rings. The Morgan fingerprint density at radius 3 is 2.41 bits per heavy atom. The van der Waals surface area contributed by atoms with Crippen molar-refractivity contribution in [2.45, 2.75) is 79.1 Å². The number of aliphatic hydroxyl groups excluding tert-OH is 1. The van der Waals surface area contributed by atoms with Crippen LogP contribution in [0, 0.1) is 41.4 Å². The first kappa shape index (κ1) is 23.3. The first-order valence-corrected chi connectivity index (χ1v) is 12.2. The molecule has 0 aromatic rings. The number of likely N-dealkylation sites (N-methyl/N-ethyl adjacent to an activating group) is 1. The van der Waals surface area contributed by atoms with Crippen molar-refractivity contribution in [3.8, 4) is 0 Å². The lowest BCUT2D eigenvalue weighted by Gasteiger charge is -2.50. The van der Waals surface area contributed by atoms with Gasteiger partial charge in [-0.3, -0.25) is 4.79 Å². The van der Waals surface area contributed by atoms with Crippen LogP contribution in [0.4, 0.5) is 0 Å². The number of nitrogens with zero attached hydrogens (tertiary/aromatic N) is 1. The molecule has 2 saturated heterocycles. The number of esters is 1. The van der Waals surface area contributed by atoms with Crippen LogP contribution in [0.2, 0.25) is 0 Å². The van der Waals surface area contributed by atoms with Crippen LogP contribution in [-0.4, -0.2) is 46.7 Å². The number of rotatable bonds is 3. The fraction of sp³-hybridized carbons (Fsp3) is 0.769. The van der Waals surface area contributed by atoms with E-state index in [-0.39, 0.29) is 41.3 Å². The first-order valence-electron chi connectivity index (χ1n) is 12.2. The molecule has 1 saturated carbocycles. The molecule has 1 amide bonds. The predicted molar refractivity (Wildman–Crippen MR) is 121 cm³/mol. The SMILES string of the molecule is CC1=C[C@@H]2C[C@H](C)C[C@H](C)[C@@H]2[C@@H](/C(O)=C2\OC(=O)[C@H](C(C)C)N(C)C2=O)[C@@H]1[C@@]1(C)O[C@@H]1C. The second-order valence-electron chi connectivity index (χ2n) is 11.4. The minimum atomic E-state index is -0.644. The van der Waals surface area contributed by atoms with Crippen LogP contribution in [0.3, 0.4) is 0 Å². The van der Waals surface area contributed by atoms with Crippen LogP contribution in [0.1, 0.15) is 61.3 Å². The van der Waals surface area contributed by atoms with Crippen molar-refractivity contribution < 1.29 is 24.2 Å². The molecule has 3 fully saturated rings. The number of allylic oxidation sites excluding steroid dienone is 2. The van der Waals surface area contributed by atoms with Crippen molar-refractivity contribution >= 4 is 11.9 Å². The van der Waals surface area contributed by atoms with Crippen LogP contribution in [0.5, 0.6) is 0 Å². The number of aliphatic hydroxyl groups is 1. The molecule has 178 valence electrons. The van der Waals surface area contributed by atoms with E-state index in [2.05, 4.69) is 40.7 Å². The van der Waals surface area contributed by atoms with Gasteiger partial charge in [-0.2, -0.15) is 0 Å². The van der Waals surface area contributed by atoms with Crippen LogP contribution in [0.15, 0.2) is 23.2 Å². The molecule has 6 nitrogen and oxygen atoms in total. The van der Waals surface area contributed by atoms with Crippen LogP contribution >= 0.6 is 0 Å². The van der Waals surface area contributed by atoms with Gasteiger partial charge < -0.3 is 19.5 Å². The lowest BCUT2D eigenvalue weighted by atomic mass is 9.54. The summed E-state index contributed by atoms with van der Waals surface area (Å²) in [4.78, 5) is 27.5. The van der Waals surface area contributed by atoms with Gasteiger partial charge >= 0.3 is 5.97 Å². The van der Waals surface area contributed by atoms with Crippen LogP contribution in [-0.2, 0) is 19.1 Å². The van der Waals surface area contributed by atoms with Crippen molar-refractivity contribution in [2.24, 2.45) is 41.4 Å². The molecule has 6 heteroatoms. The molecule has 0 aromatic heterocycles. The number of hydrogen-bond donors (Lipinski definition) is 1. The monoisotopic (exact) mass is 445 g/mol. The highest BCUT2D eigenvalue weighted by atomic mass is 16.6. The van der Waals surface area contributed by atoms with Gasteiger partial charge in [-0.1, -0.05) is 39.3 Å². The number of epoxide rings is 1. The van der Waals surface area contributed by atoms with E-state index in [4.69, 9.17) is 9.47 Å². The maximum atomic E-state index is 13.3. The van der Waals surface area contributed by atoms with Crippen LogP contribution in [0.25, 0.3) is 0 Å². The number of cyclic esters (lactones) is 1. The molecule has 32 heavy (non-hydrogen) atoms. The summed E-state index contributed by atoms with van der Waals surface area (Å²) in [5.74, 6) is -0.154. The van der Waals surface area contributed by atoms with Gasteiger partial charge in [0.05, 0.1) is 11.7 Å². The smallest absolute Gasteiger partial charge is 0.334 e. The molecule has 2 aliphatic carbocycles. The maximum absolute atomic E-state index is 13.3. The van der Waals surface area contributed by atoms with Gasteiger partial charge in [-0.25, -0.2) is 4.79 Å². The zero-order valence-corrected chi connectivity index (χ0v) is 20.7. The highest BCUT2D eigenvalue weighted by Gasteiger charge is 2.62. The summed E-state index contributed by atoms with van der Waals surface area (Å²) < 4.78 is 11.6. The van der Waals surface area contributed by atoms with E-state index in [1.807, 2.05) is 13.8 Å². The number of hydrogen-bond acceptors (Lipinski definition) is 5. The van der Waals surface area contributed by atoms with E-state index in [1.165, 1.54) is 10.5 Å². The van der Waals surface area contributed by atoms with E-state index >= 15 is 0 Å². The zero-order valence-electron chi connectivity index (χ0n) is 20.7. The molecule has 0 bridgehead atoms. The molecule has 0 spiro atoms. The largest absolute Gasteiger partial charge is 0.508 e. The minimum Gasteiger partial charge on any atom is -0.508 e. The average molecular weight is 446 g/mol. The van der Waals surface area contributed by atoms with Gasteiger partial charge in [0.15, 0.2) is 0 Å². The fourth-order valence-electron chi connectivity index (χ4n) is 7.18. The molecule has 2 heterocycles. The Hall–Kier alpha value is -1.82. The molecule has 1 N–H and O–H groups in total. The Balaban J connectivity index is 1.81. The highest BCUT2D eigenvalue weighted by molar-refractivity contribution is 6.00. The zero-order chi connectivity index (χ0) is 23.7. The Labute approximate surface area is 192 Å². The minimum absolute atomic E-state index is 0.0678. The Kier molecular flexibility index (Phi) is 5.76. The molecule has 9 atom stereocenters. The third kappa shape index (κ3) is 3.49. The van der Waals surface area contributed by atoms with E-state index in [0.717, 1.165) is 12.8 Å². The highest BCUT2D eigenvalue weighted by Crippen LogP contribution is 2.59. The summed E-state index contributed by atoms with van der Waals surface area (Å²) in [5.41, 5.74) is 0.793. The number of ether oxygens (including phenoxy) is 2. The molecule has 0 radical (unpaired) electrons. The van der Waals surface area contributed by atoms with Crippen molar-refractivity contribution in [3.63, 3.8) is 0 Å². The number of morpholine rings is 1. The van der Waals surface area contributed by atoms with Gasteiger partial charge in [-0.15, -0.1) is 0 Å². The second-order valence-corrected chi connectivity index (χ2v) is 11.4. The van der Waals surface area contributed by atoms with Gasteiger partial charge in [0.2, 0.25) is 5.76 Å². The third-order valence-corrected chi connectivity index (χ3v) is 8.70. The van der Waals surface area contributed by atoms with Gasteiger partial charge in [0, 0.05) is 18.9 Å². The van der Waals surface area contributed by atoms with Crippen molar-refractivity contribution in [1.82, 2.24) is 4.90 Å². The molecule has 0 aromatic carbocycles. The Bertz CT molecular complexity index is 875. The average Bonchev–Trinajstić information content (AvgIpc) is 3.29. The third-order valence-electron chi connectivity index (χ3n) is 8.70. The number of fused-ring (bicyclic) bond motifs is 1. The Morgan fingerprint density at radius 2 is 1.84 bits per heavy atom. The van der Waals surface area contributed by atoms with Gasteiger partial charge in [0.1, 0.15) is 11.8 Å². The first-order chi connectivity index (χ1) is 14.9.